The Morgan fingerprint density at radius 2 is 2.06 bits per heavy atom. The molecule has 5 nitrogen and oxygen atoms in total. The fourth-order valence-corrected chi connectivity index (χ4v) is 2.96. The summed E-state index contributed by atoms with van der Waals surface area (Å²) in [5.74, 6) is -0.460. The molecule has 2 rings (SSSR count). The Balaban J connectivity index is 1.87. The van der Waals surface area contributed by atoms with Gasteiger partial charge in [0.05, 0.1) is 6.04 Å². The second-order valence-electron chi connectivity index (χ2n) is 5.39. The third-order valence-corrected chi connectivity index (χ3v) is 3.90. The molecule has 0 aliphatic carbocycles. The highest BCUT2D eigenvalue weighted by molar-refractivity contribution is 5.82. The van der Waals surface area contributed by atoms with Crippen LogP contribution < -0.4 is 5.32 Å². The molecule has 2 saturated heterocycles. The summed E-state index contributed by atoms with van der Waals surface area (Å²) in [6.45, 7) is 2.32. The number of nitrogens with one attached hydrogen (secondary N) is 1. The third kappa shape index (κ3) is 3.45. The number of nitrogens with zero attached hydrogens (tertiary/aromatic N) is 1. The predicted octanol–water partition coefficient (Wildman–Crippen LogP) is 0.842. The van der Waals surface area contributed by atoms with Gasteiger partial charge in [-0.15, -0.1) is 0 Å². The van der Waals surface area contributed by atoms with E-state index >= 15 is 0 Å². The van der Waals surface area contributed by atoms with Crippen molar-refractivity contribution >= 4 is 11.9 Å². The molecule has 1 unspecified atom stereocenters. The Bertz CT molecular complexity index is 313. The average molecular weight is 254 g/mol. The second-order valence-corrected chi connectivity index (χ2v) is 5.39. The van der Waals surface area contributed by atoms with Crippen LogP contribution in [0.25, 0.3) is 0 Å². The Hall–Kier alpha value is -1.10. The SMILES string of the molecule is O=C(O)CC1CCCN(C(=O)[C@H]2CCCCN2)C1. The fraction of sp³-hybridized carbons (Fsp3) is 0.846. The zero-order valence-electron chi connectivity index (χ0n) is 10.7. The molecule has 0 spiro atoms. The molecule has 2 fully saturated rings. The summed E-state index contributed by atoms with van der Waals surface area (Å²) in [4.78, 5) is 24.9. The summed E-state index contributed by atoms with van der Waals surface area (Å²) < 4.78 is 0. The van der Waals surface area contributed by atoms with Crippen LogP contribution in [-0.2, 0) is 9.59 Å². The molecule has 102 valence electrons. The first-order chi connectivity index (χ1) is 8.66. The van der Waals surface area contributed by atoms with Gasteiger partial charge in [-0.25, -0.2) is 0 Å². The minimum Gasteiger partial charge on any atom is -0.481 e. The van der Waals surface area contributed by atoms with E-state index in [2.05, 4.69) is 5.32 Å². The Kier molecular flexibility index (Phi) is 4.58. The van der Waals surface area contributed by atoms with Crippen molar-refractivity contribution in [2.45, 2.75) is 44.6 Å². The van der Waals surface area contributed by atoms with Crippen LogP contribution in [-0.4, -0.2) is 47.6 Å². The van der Waals surface area contributed by atoms with E-state index in [1.54, 1.807) is 0 Å². The van der Waals surface area contributed by atoms with Gasteiger partial charge in [0, 0.05) is 19.5 Å². The summed E-state index contributed by atoms with van der Waals surface area (Å²) in [6, 6.07) is -0.0395. The largest absolute Gasteiger partial charge is 0.481 e. The number of carbonyl (C=O) groups excluding carboxylic acids is 1. The maximum atomic E-state index is 12.3. The fourth-order valence-electron chi connectivity index (χ4n) is 2.96. The van der Waals surface area contributed by atoms with Gasteiger partial charge in [-0.3, -0.25) is 9.59 Å². The smallest absolute Gasteiger partial charge is 0.303 e. The molecule has 1 amide bonds. The van der Waals surface area contributed by atoms with Crippen molar-refractivity contribution in [2.24, 2.45) is 5.92 Å². The van der Waals surface area contributed by atoms with Crippen LogP contribution >= 0.6 is 0 Å². The number of aliphatic carboxylic acids is 1. The number of rotatable bonds is 3. The summed E-state index contributed by atoms with van der Waals surface area (Å²) >= 11 is 0. The van der Waals surface area contributed by atoms with Crippen LogP contribution in [0.5, 0.6) is 0 Å². The second kappa shape index (κ2) is 6.18. The van der Waals surface area contributed by atoms with Crippen molar-refractivity contribution in [1.29, 1.82) is 0 Å². The van der Waals surface area contributed by atoms with Crippen molar-refractivity contribution in [2.75, 3.05) is 19.6 Å². The average Bonchev–Trinajstić information content (AvgIpc) is 2.38. The zero-order valence-corrected chi connectivity index (χ0v) is 10.7. The zero-order chi connectivity index (χ0) is 13.0. The van der Waals surface area contributed by atoms with Gasteiger partial charge in [-0.2, -0.15) is 0 Å². The number of hydrogen-bond acceptors (Lipinski definition) is 3. The maximum absolute atomic E-state index is 12.3. The van der Waals surface area contributed by atoms with Crippen molar-refractivity contribution in [3.05, 3.63) is 0 Å². The lowest BCUT2D eigenvalue weighted by Crippen LogP contribution is -2.51. The van der Waals surface area contributed by atoms with E-state index in [9.17, 15) is 9.59 Å². The summed E-state index contributed by atoms with van der Waals surface area (Å²) in [7, 11) is 0. The van der Waals surface area contributed by atoms with E-state index < -0.39 is 5.97 Å². The molecule has 0 aromatic heterocycles. The first-order valence-corrected chi connectivity index (χ1v) is 6.91. The van der Waals surface area contributed by atoms with Gasteiger partial charge in [0.25, 0.3) is 0 Å². The molecule has 0 radical (unpaired) electrons. The van der Waals surface area contributed by atoms with E-state index in [0.717, 1.165) is 45.2 Å². The molecule has 2 aliphatic rings. The van der Waals surface area contributed by atoms with E-state index in [-0.39, 0.29) is 24.3 Å². The Morgan fingerprint density at radius 3 is 2.72 bits per heavy atom. The van der Waals surface area contributed by atoms with Crippen molar-refractivity contribution in [3.63, 3.8) is 0 Å². The van der Waals surface area contributed by atoms with Gasteiger partial charge < -0.3 is 15.3 Å². The van der Waals surface area contributed by atoms with Crippen LogP contribution in [0.3, 0.4) is 0 Å². The molecule has 2 aliphatic heterocycles. The Labute approximate surface area is 108 Å². The van der Waals surface area contributed by atoms with Crippen LogP contribution in [0.1, 0.15) is 38.5 Å². The normalized spacial score (nSPS) is 29.0. The minimum atomic E-state index is -0.759. The third-order valence-electron chi connectivity index (χ3n) is 3.90. The van der Waals surface area contributed by atoms with Crippen LogP contribution in [0, 0.1) is 5.92 Å². The lowest BCUT2D eigenvalue weighted by Gasteiger charge is -2.35. The monoisotopic (exact) mass is 254 g/mol. The number of carboxylic acid groups (broad SMARTS) is 1. The number of carboxylic acids is 1. The molecule has 0 saturated carbocycles. The molecule has 2 atom stereocenters. The summed E-state index contributed by atoms with van der Waals surface area (Å²) in [5.41, 5.74) is 0. The van der Waals surface area contributed by atoms with Gasteiger partial charge in [0.2, 0.25) is 5.91 Å². The number of likely N-dealkylation sites (tertiary alicyclic amines) is 1. The molecule has 2 N–H and O–H groups in total. The summed E-state index contributed by atoms with van der Waals surface area (Å²) in [6.07, 6.45) is 5.20. The quantitative estimate of drug-likeness (QED) is 0.783. The Morgan fingerprint density at radius 1 is 1.22 bits per heavy atom. The van der Waals surface area contributed by atoms with Gasteiger partial charge in [-0.1, -0.05) is 6.42 Å². The lowest BCUT2D eigenvalue weighted by atomic mass is 9.93. The molecule has 2 heterocycles. The van der Waals surface area contributed by atoms with E-state index in [0.29, 0.717) is 6.54 Å². The highest BCUT2D eigenvalue weighted by atomic mass is 16.4. The van der Waals surface area contributed by atoms with Crippen LogP contribution in [0.2, 0.25) is 0 Å². The van der Waals surface area contributed by atoms with Crippen LogP contribution in [0.15, 0.2) is 0 Å². The minimum absolute atomic E-state index is 0.0395. The maximum Gasteiger partial charge on any atom is 0.303 e. The molecular weight excluding hydrogens is 232 g/mol. The van der Waals surface area contributed by atoms with Gasteiger partial charge in [-0.05, 0) is 38.1 Å². The number of piperidine rings is 2. The molecular formula is C13H22N2O3. The van der Waals surface area contributed by atoms with E-state index in [4.69, 9.17) is 5.11 Å². The predicted molar refractivity (Wildman–Crippen MR) is 67.2 cm³/mol. The number of carbonyl (C=O) groups is 2. The molecule has 0 bridgehead atoms. The standard InChI is InChI=1S/C13H22N2O3/c16-12(17)8-10-4-3-7-15(9-10)13(18)11-5-1-2-6-14-11/h10-11,14H,1-9H2,(H,16,17)/t10?,11-/m1/s1. The van der Waals surface area contributed by atoms with Gasteiger partial charge in [0.15, 0.2) is 0 Å². The molecule has 5 heteroatoms. The topological polar surface area (TPSA) is 69.6 Å². The van der Waals surface area contributed by atoms with Crippen molar-refractivity contribution in [3.8, 4) is 0 Å². The van der Waals surface area contributed by atoms with Crippen molar-refractivity contribution in [1.82, 2.24) is 10.2 Å². The highest BCUT2D eigenvalue weighted by Crippen LogP contribution is 2.21. The summed E-state index contributed by atoms with van der Waals surface area (Å²) in [5, 5.41) is 12.1. The van der Waals surface area contributed by atoms with Gasteiger partial charge >= 0.3 is 5.97 Å². The lowest BCUT2D eigenvalue weighted by molar-refractivity contribution is -0.141. The first kappa shape index (κ1) is 13.3. The van der Waals surface area contributed by atoms with Crippen molar-refractivity contribution < 1.29 is 14.7 Å². The molecule has 0 aromatic rings. The van der Waals surface area contributed by atoms with Gasteiger partial charge in [0.1, 0.15) is 0 Å². The first-order valence-electron chi connectivity index (χ1n) is 6.91. The number of amides is 1. The number of hydrogen-bond donors (Lipinski definition) is 2. The van der Waals surface area contributed by atoms with E-state index in [1.807, 2.05) is 4.90 Å². The van der Waals surface area contributed by atoms with E-state index in [1.165, 1.54) is 0 Å². The highest BCUT2D eigenvalue weighted by Gasteiger charge is 2.30. The van der Waals surface area contributed by atoms with Crippen LogP contribution in [0.4, 0.5) is 0 Å². The molecule has 18 heavy (non-hydrogen) atoms. The molecule has 0 aromatic carbocycles.